The number of hydrogen-bond acceptors (Lipinski definition) is 6. The number of benzene rings is 1. The van der Waals surface area contributed by atoms with Crippen LogP contribution in [0.5, 0.6) is 17.5 Å². The molecular formula is C24H24FN5O3. The van der Waals surface area contributed by atoms with E-state index in [-0.39, 0.29) is 11.5 Å². The van der Waals surface area contributed by atoms with Crippen molar-refractivity contribution in [2.75, 3.05) is 6.61 Å². The van der Waals surface area contributed by atoms with Crippen molar-refractivity contribution in [3.63, 3.8) is 0 Å². The van der Waals surface area contributed by atoms with E-state index in [9.17, 15) is 9.18 Å². The van der Waals surface area contributed by atoms with Crippen LogP contribution >= 0.6 is 0 Å². The molecule has 0 radical (unpaired) electrons. The van der Waals surface area contributed by atoms with Crippen LogP contribution in [-0.4, -0.2) is 30.9 Å². The van der Waals surface area contributed by atoms with Gasteiger partial charge in [-0.1, -0.05) is 6.07 Å². The van der Waals surface area contributed by atoms with E-state index >= 15 is 0 Å². The van der Waals surface area contributed by atoms with Crippen molar-refractivity contribution in [2.24, 2.45) is 7.05 Å². The Balaban J connectivity index is 1.32. The minimum Gasteiger partial charge on any atom is -0.477 e. The zero-order valence-corrected chi connectivity index (χ0v) is 18.7. The van der Waals surface area contributed by atoms with Crippen molar-refractivity contribution in [2.45, 2.75) is 26.8 Å². The molecule has 0 atom stereocenters. The Bertz CT molecular complexity index is 1310. The minimum atomic E-state index is -0.376. The molecule has 8 nitrogen and oxygen atoms in total. The van der Waals surface area contributed by atoms with Gasteiger partial charge in [0, 0.05) is 49.3 Å². The molecule has 0 aliphatic heterocycles. The molecule has 33 heavy (non-hydrogen) atoms. The monoisotopic (exact) mass is 449 g/mol. The van der Waals surface area contributed by atoms with Gasteiger partial charge in [-0.2, -0.15) is 10.1 Å². The number of pyridine rings is 1. The van der Waals surface area contributed by atoms with E-state index in [2.05, 4.69) is 15.1 Å². The fraction of sp³-hybridized carbons (Fsp3) is 0.250. The molecule has 0 amide bonds. The van der Waals surface area contributed by atoms with Crippen LogP contribution in [0.25, 0.3) is 0 Å². The van der Waals surface area contributed by atoms with Gasteiger partial charge < -0.3 is 9.47 Å². The summed E-state index contributed by atoms with van der Waals surface area (Å²) in [5.41, 5.74) is 2.77. The summed E-state index contributed by atoms with van der Waals surface area (Å²) in [5.74, 6) is 0.987. The molecular weight excluding hydrogens is 425 g/mol. The van der Waals surface area contributed by atoms with Gasteiger partial charge in [-0.25, -0.2) is 14.2 Å². The van der Waals surface area contributed by atoms with Gasteiger partial charge in [0.05, 0.1) is 19.3 Å². The Morgan fingerprint density at radius 2 is 1.88 bits per heavy atom. The van der Waals surface area contributed by atoms with Crippen molar-refractivity contribution in [3.05, 3.63) is 93.7 Å². The first-order valence-corrected chi connectivity index (χ1v) is 10.4. The molecule has 170 valence electrons. The predicted molar refractivity (Wildman–Crippen MR) is 120 cm³/mol. The lowest BCUT2D eigenvalue weighted by molar-refractivity contribution is 0.303. The maximum Gasteiger partial charge on any atom is 0.351 e. The van der Waals surface area contributed by atoms with Crippen molar-refractivity contribution in [1.82, 2.24) is 24.3 Å². The third-order valence-electron chi connectivity index (χ3n) is 5.02. The molecule has 9 heteroatoms. The molecule has 0 bridgehead atoms. The highest BCUT2D eigenvalue weighted by Gasteiger charge is 2.09. The SMILES string of the molecule is Cc1cc(Oc2ccc(CCOc3nc(=O)n(Cc4cnn(C)c4)cc3C)cn2)ccc1F. The molecule has 3 heterocycles. The average molecular weight is 449 g/mol. The summed E-state index contributed by atoms with van der Waals surface area (Å²) in [5, 5.41) is 4.11. The van der Waals surface area contributed by atoms with Crippen LogP contribution in [-0.2, 0) is 20.0 Å². The Morgan fingerprint density at radius 1 is 1.03 bits per heavy atom. The van der Waals surface area contributed by atoms with Gasteiger partial charge in [0.2, 0.25) is 11.8 Å². The van der Waals surface area contributed by atoms with Gasteiger partial charge in [-0.15, -0.1) is 0 Å². The summed E-state index contributed by atoms with van der Waals surface area (Å²) in [7, 11) is 1.83. The summed E-state index contributed by atoms with van der Waals surface area (Å²) >= 11 is 0. The standard InChI is InChI=1S/C24H24FN5O3/c1-16-10-20(5-6-21(16)25)33-22-7-4-18(11-26-22)8-9-32-23-17(2)13-30(24(31)28-23)15-19-12-27-29(3)14-19/h4-7,10-14H,8-9,15H2,1-3H3. The lowest BCUT2D eigenvalue weighted by Gasteiger charge is -2.11. The van der Waals surface area contributed by atoms with E-state index in [0.29, 0.717) is 42.6 Å². The number of aryl methyl sites for hydroxylation is 3. The zero-order chi connectivity index (χ0) is 23.4. The Hall–Kier alpha value is -4.01. The molecule has 0 aliphatic rings. The molecule has 1 aromatic carbocycles. The third-order valence-corrected chi connectivity index (χ3v) is 5.02. The predicted octanol–water partition coefficient (Wildman–Crippen LogP) is 3.59. The third kappa shape index (κ3) is 5.62. The van der Waals surface area contributed by atoms with Gasteiger partial charge in [-0.3, -0.25) is 9.25 Å². The molecule has 0 aliphatic carbocycles. The van der Waals surface area contributed by atoms with Gasteiger partial charge in [0.1, 0.15) is 11.6 Å². The molecule has 0 saturated carbocycles. The second kappa shape index (κ2) is 9.64. The van der Waals surface area contributed by atoms with Crippen LogP contribution in [0.4, 0.5) is 4.39 Å². The molecule has 0 unspecified atom stereocenters. The smallest absolute Gasteiger partial charge is 0.351 e. The number of nitrogens with zero attached hydrogens (tertiary/aromatic N) is 5. The van der Waals surface area contributed by atoms with Crippen molar-refractivity contribution in [3.8, 4) is 17.5 Å². The van der Waals surface area contributed by atoms with E-state index in [4.69, 9.17) is 9.47 Å². The van der Waals surface area contributed by atoms with Crippen LogP contribution in [0.3, 0.4) is 0 Å². The number of rotatable bonds is 8. The zero-order valence-electron chi connectivity index (χ0n) is 18.7. The van der Waals surface area contributed by atoms with Crippen molar-refractivity contribution < 1.29 is 13.9 Å². The number of aromatic nitrogens is 5. The van der Waals surface area contributed by atoms with E-state index in [0.717, 1.165) is 16.7 Å². The fourth-order valence-electron chi connectivity index (χ4n) is 3.28. The maximum atomic E-state index is 13.4. The minimum absolute atomic E-state index is 0.277. The van der Waals surface area contributed by atoms with Crippen molar-refractivity contribution >= 4 is 0 Å². The Kier molecular flexibility index (Phi) is 6.48. The van der Waals surface area contributed by atoms with Gasteiger partial charge in [0.25, 0.3) is 0 Å². The topological polar surface area (TPSA) is 84.1 Å². The lowest BCUT2D eigenvalue weighted by atomic mass is 10.2. The molecule has 0 spiro atoms. The van der Waals surface area contributed by atoms with E-state index in [1.165, 1.54) is 10.6 Å². The highest BCUT2D eigenvalue weighted by molar-refractivity contribution is 5.32. The highest BCUT2D eigenvalue weighted by atomic mass is 19.1. The molecule has 4 aromatic rings. The first-order chi connectivity index (χ1) is 15.9. The molecule has 4 rings (SSSR count). The van der Waals surface area contributed by atoms with Crippen LogP contribution in [0.2, 0.25) is 0 Å². The van der Waals surface area contributed by atoms with E-state index in [1.807, 2.05) is 26.2 Å². The number of hydrogen-bond donors (Lipinski definition) is 0. The Labute approximate surface area is 190 Å². The summed E-state index contributed by atoms with van der Waals surface area (Å²) in [6.07, 6.45) is 7.60. The maximum absolute atomic E-state index is 13.4. The number of ether oxygens (including phenoxy) is 2. The van der Waals surface area contributed by atoms with Crippen LogP contribution in [0.1, 0.15) is 22.3 Å². The van der Waals surface area contributed by atoms with Gasteiger partial charge in [-0.05, 0) is 43.2 Å². The molecule has 0 N–H and O–H groups in total. The normalized spacial score (nSPS) is 10.9. The Morgan fingerprint density at radius 3 is 2.58 bits per heavy atom. The van der Waals surface area contributed by atoms with Crippen LogP contribution in [0, 0.1) is 19.7 Å². The average Bonchev–Trinajstić information content (AvgIpc) is 3.20. The quantitative estimate of drug-likeness (QED) is 0.409. The highest BCUT2D eigenvalue weighted by Crippen LogP contribution is 2.22. The van der Waals surface area contributed by atoms with Crippen LogP contribution in [0.15, 0.2) is 59.9 Å². The summed E-state index contributed by atoms with van der Waals surface area (Å²) in [6, 6.07) is 8.18. The summed E-state index contributed by atoms with van der Waals surface area (Å²) < 4.78 is 28.0. The van der Waals surface area contributed by atoms with Crippen LogP contribution < -0.4 is 15.2 Å². The molecule has 0 fully saturated rings. The second-order valence-electron chi connectivity index (χ2n) is 7.78. The lowest BCUT2D eigenvalue weighted by Crippen LogP contribution is -2.24. The summed E-state index contributed by atoms with van der Waals surface area (Å²) in [4.78, 5) is 20.7. The van der Waals surface area contributed by atoms with E-state index < -0.39 is 0 Å². The largest absolute Gasteiger partial charge is 0.477 e. The van der Waals surface area contributed by atoms with Gasteiger partial charge >= 0.3 is 5.69 Å². The van der Waals surface area contributed by atoms with E-state index in [1.54, 1.807) is 48.4 Å². The van der Waals surface area contributed by atoms with Gasteiger partial charge in [0.15, 0.2) is 0 Å². The second-order valence-corrected chi connectivity index (χ2v) is 7.78. The number of halogens is 1. The summed E-state index contributed by atoms with van der Waals surface area (Å²) in [6.45, 7) is 4.28. The first-order valence-electron chi connectivity index (χ1n) is 10.4. The first kappa shape index (κ1) is 22.2. The van der Waals surface area contributed by atoms with Crippen molar-refractivity contribution in [1.29, 1.82) is 0 Å². The molecule has 0 saturated heterocycles. The molecule has 3 aromatic heterocycles. The fourth-order valence-corrected chi connectivity index (χ4v) is 3.28.